The van der Waals surface area contributed by atoms with Gasteiger partial charge in [-0.05, 0) is 29.7 Å². The van der Waals surface area contributed by atoms with Crippen molar-refractivity contribution in [1.29, 1.82) is 0 Å². The van der Waals surface area contributed by atoms with E-state index in [1.165, 1.54) is 0 Å². The predicted octanol–water partition coefficient (Wildman–Crippen LogP) is 5.72. The van der Waals surface area contributed by atoms with Crippen LogP contribution in [0.25, 0.3) is 0 Å². The van der Waals surface area contributed by atoms with Crippen LogP contribution in [0.2, 0.25) is 0 Å². The van der Waals surface area contributed by atoms with Gasteiger partial charge in [-0.1, -0.05) is 97.1 Å². The van der Waals surface area contributed by atoms with E-state index in [4.69, 9.17) is 14.2 Å². The van der Waals surface area contributed by atoms with Crippen molar-refractivity contribution in [2.24, 2.45) is 0 Å². The molecule has 3 aromatic rings. The topological polar surface area (TPSA) is 44.8 Å². The summed E-state index contributed by atoms with van der Waals surface area (Å²) in [6.07, 6.45) is 2.93. The Hall–Kier alpha value is -3.37. The second-order valence-electron chi connectivity index (χ2n) is 6.56. The summed E-state index contributed by atoms with van der Waals surface area (Å²) in [5.41, 5.74) is 2.35. The van der Waals surface area contributed by atoms with Crippen molar-refractivity contribution in [2.75, 3.05) is 19.8 Å². The SMILES string of the molecule is CCOC(=O)OC/C=C/COC(c1ccccc1)(c1ccccc1)c1ccccc1. The molecule has 30 heavy (non-hydrogen) atoms. The molecule has 0 heterocycles. The molecule has 0 aliphatic heterocycles. The van der Waals surface area contributed by atoms with Gasteiger partial charge in [0.25, 0.3) is 0 Å². The van der Waals surface area contributed by atoms with Gasteiger partial charge in [-0.3, -0.25) is 0 Å². The molecule has 4 heteroatoms. The first-order valence-corrected chi connectivity index (χ1v) is 10.0. The maximum Gasteiger partial charge on any atom is 0.508 e. The van der Waals surface area contributed by atoms with Crippen LogP contribution in [0.5, 0.6) is 0 Å². The Morgan fingerprint density at radius 1 is 0.700 bits per heavy atom. The first kappa shape index (κ1) is 21.3. The molecule has 0 N–H and O–H groups in total. The van der Waals surface area contributed by atoms with Crippen LogP contribution in [-0.2, 0) is 19.8 Å². The third-order valence-electron chi connectivity index (χ3n) is 4.66. The Morgan fingerprint density at radius 3 is 1.57 bits per heavy atom. The van der Waals surface area contributed by atoms with E-state index in [-0.39, 0.29) is 6.61 Å². The summed E-state index contributed by atoms with van der Waals surface area (Å²) < 4.78 is 16.3. The van der Waals surface area contributed by atoms with Gasteiger partial charge < -0.3 is 14.2 Å². The van der Waals surface area contributed by atoms with Crippen molar-refractivity contribution in [2.45, 2.75) is 12.5 Å². The molecule has 0 saturated heterocycles. The van der Waals surface area contributed by atoms with Crippen molar-refractivity contribution < 1.29 is 19.0 Å². The standard InChI is InChI=1S/C26H26O4/c1-2-28-25(27)29-20-12-13-21-30-26(22-14-6-3-7-15-22,23-16-8-4-9-17-23)24-18-10-5-11-19-24/h3-19H,2,20-21H2,1H3/b13-12+. The lowest BCUT2D eigenvalue weighted by Gasteiger charge is -2.35. The van der Waals surface area contributed by atoms with E-state index < -0.39 is 11.8 Å². The van der Waals surface area contributed by atoms with Crippen LogP contribution in [0.15, 0.2) is 103 Å². The maximum absolute atomic E-state index is 11.3. The van der Waals surface area contributed by atoms with E-state index in [2.05, 4.69) is 36.4 Å². The van der Waals surface area contributed by atoms with Crippen LogP contribution in [0, 0.1) is 0 Å². The minimum Gasteiger partial charge on any atom is -0.435 e. The Labute approximate surface area is 177 Å². The lowest BCUT2D eigenvalue weighted by atomic mass is 9.80. The fourth-order valence-electron chi connectivity index (χ4n) is 3.35. The van der Waals surface area contributed by atoms with E-state index in [0.717, 1.165) is 16.7 Å². The summed E-state index contributed by atoms with van der Waals surface area (Å²) in [4.78, 5) is 11.3. The molecule has 4 nitrogen and oxygen atoms in total. The van der Waals surface area contributed by atoms with E-state index in [1.807, 2.05) is 60.7 Å². The summed E-state index contributed by atoms with van der Waals surface area (Å²) in [5.74, 6) is 0. The Morgan fingerprint density at radius 2 is 1.13 bits per heavy atom. The van der Waals surface area contributed by atoms with E-state index in [0.29, 0.717) is 13.2 Å². The zero-order chi connectivity index (χ0) is 21.1. The molecule has 0 saturated carbocycles. The Bertz CT molecular complexity index is 824. The summed E-state index contributed by atoms with van der Waals surface area (Å²) in [5, 5.41) is 0. The molecule has 0 spiro atoms. The zero-order valence-corrected chi connectivity index (χ0v) is 17.1. The number of benzene rings is 3. The molecule has 3 rings (SSSR count). The van der Waals surface area contributed by atoms with Gasteiger partial charge in [0, 0.05) is 0 Å². The molecule has 0 bridgehead atoms. The molecular formula is C26H26O4. The summed E-state index contributed by atoms with van der Waals surface area (Å²) >= 11 is 0. The normalized spacial score (nSPS) is 11.4. The van der Waals surface area contributed by atoms with Crippen molar-refractivity contribution in [3.05, 3.63) is 120 Å². The summed E-state index contributed by atoms with van der Waals surface area (Å²) in [7, 11) is 0. The molecule has 0 radical (unpaired) electrons. The Kier molecular flexibility index (Phi) is 7.81. The third-order valence-corrected chi connectivity index (χ3v) is 4.66. The zero-order valence-electron chi connectivity index (χ0n) is 17.1. The first-order valence-electron chi connectivity index (χ1n) is 10.0. The quantitative estimate of drug-likeness (QED) is 0.261. The number of carbonyl (C=O) groups excluding carboxylic acids is 1. The smallest absolute Gasteiger partial charge is 0.435 e. The monoisotopic (exact) mass is 402 g/mol. The minimum absolute atomic E-state index is 0.136. The largest absolute Gasteiger partial charge is 0.508 e. The number of hydrogen-bond acceptors (Lipinski definition) is 4. The van der Waals surface area contributed by atoms with E-state index in [9.17, 15) is 4.79 Å². The van der Waals surface area contributed by atoms with Crippen LogP contribution in [0.3, 0.4) is 0 Å². The molecule has 0 fully saturated rings. The highest BCUT2D eigenvalue weighted by Crippen LogP contribution is 2.40. The van der Waals surface area contributed by atoms with Gasteiger partial charge in [0.05, 0.1) is 13.2 Å². The molecule has 3 aromatic carbocycles. The fourth-order valence-corrected chi connectivity index (χ4v) is 3.35. The average Bonchev–Trinajstić information content (AvgIpc) is 2.81. The highest BCUT2D eigenvalue weighted by molar-refractivity contribution is 5.59. The van der Waals surface area contributed by atoms with Crippen LogP contribution < -0.4 is 0 Å². The van der Waals surface area contributed by atoms with Crippen LogP contribution in [0.4, 0.5) is 4.79 Å². The number of hydrogen-bond donors (Lipinski definition) is 0. The number of ether oxygens (including phenoxy) is 3. The van der Waals surface area contributed by atoms with Crippen LogP contribution in [-0.4, -0.2) is 26.0 Å². The van der Waals surface area contributed by atoms with Crippen molar-refractivity contribution in [1.82, 2.24) is 0 Å². The Balaban J connectivity index is 1.89. The second kappa shape index (κ2) is 11.0. The number of carbonyl (C=O) groups is 1. The highest BCUT2D eigenvalue weighted by atomic mass is 16.7. The molecule has 0 atom stereocenters. The minimum atomic E-state index is -0.768. The summed E-state index contributed by atoms with van der Waals surface area (Å²) in [6, 6.07) is 30.5. The van der Waals surface area contributed by atoms with Crippen LogP contribution in [0.1, 0.15) is 23.6 Å². The maximum atomic E-state index is 11.3. The molecule has 154 valence electrons. The van der Waals surface area contributed by atoms with Crippen molar-refractivity contribution in [3.8, 4) is 0 Å². The molecule has 0 aromatic heterocycles. The van der Waals surface area contributed by atoms with Gasteiger partial charge in [-0.2, -0.15) is 0 Å². The van der Waals surface area contributed by atoms with Gasteiger partial charge in [0.15, 0.2) is 0 Å². The third kappa shape index (κ3) is 5.16. The van der Waals surface area contributed by atoms with E-state index in [1.54, 1.807) is 13.0 Å². The first-order chi connectivity index (χ1) is 14.8. The van der Waals surface area contributed by atoms with E-state index >= 15 is 0 Å². The highest BCUT2D eigenvalue weighted by Gasteiger charge is 2.37. The van der Waals surface area contributed by atoms with Crippen molar-refractivity contribution >= 4 is 6.16 Å². The average molecular weight is 402 g/mol. The molecule has 0 unspecified atom stereocenters. The van der Waals surface area contributed by atoms with Gasteiger partial charge in [0.2, 0.25) is 0 Å². The predicted molar refractivity (Wildman–Crippen MR) is 117 cm³/mol. The molecule has 0 aliphatic rings. The van der Waals surface area contributed by atoms with Crippen molar-refractivity contribution in [3.63, 3.8) is 0 Å². The van der Waals surface area contributed by atoms with Gasteiger partial charge in [-0.25, -0.2) is 4.79 Å². The molecular weight excluding hydrogens is 376 g/mol. The lowest BCUT2D eigenvalue weighted by molar-refractivity contribution is 0.0314. The lowest BCUT2D eigenvalue weighted by Crippen LogP contribution is -2.33. The molecule has 0 amide bonds. The van der Waals surface area contributed by atoms with Gasteiger partial charge >= 0.3 is 6.16 Å². The summed E-state index contributed by atoms with van der Waals surface area (Å²) in [6.45, 7) is 2.50. The molecule has 0 aliphatic carbocycles. The number of rotatable bonds is 9. The second-order valence-corrected chi connectivity index (χ2v) is 6.56. The fraction of sp³-hybridized carbons (Fsp3) is 0.192. The van der Waals surface area contributed by atoms with Crippen LogP contribution >= 0.6 is 0 Å². The van der Waals surface area contributed by atoms with Gasteiger partial charge in [0.1, 0.15) is 12.2 Å². The van der Waals surface area contributed by atoms with Gasteiger partial charge in [-0.15, -0.1) is 0 Å².